The van der Waals surface area contributed by atoms with Crippen molar-refractivity contribution in [2.24, 2.45) is 0 Å². The number of oxazole rings is 1. The van der Waals surface area contributed by atoms with Crippen LogP contribution in [0.3, 0.4) is 0 Å². The average molecular weight is 333 g/mol. The minimum absolute atomic E-state index is 0.245. The zero-order valence-electron chi connectivity index (χ0n) is 13.0. The highest BCUT2D eigenvalue weighted by atomic mass is 19.4. The number of aromatic nitrogens is 2. The summed E-state index contributed by atoms with van der Waals surface area (Å²) in [4.78, 5) is 8.32. The SMILES string of the molecule is Cc1cc(Nc2ncc(-c3ccc(C(F)(F)F)cc3)o2)cnc1C. The van der Waals surface area contributed by atoms with Gasteiger partial charge in [-0.25, -0.2) is 4.98 Å². The van der Waals surface area contributed by atoms with E-state index in [1.165, 1.54) is 18.3 Å². The molecule has 1 N–H and O–H groups in total. The van der Waals surface area contributed by atoms with Crippen LogP contribution < -0.4 is 5.32 Å². The molecule has 0 bridgehead atoms. The molecule has 0 aliphatic heterocycles. The fourth-order valence-corrected chi connectivity index (χ4v) is 2.12. The number of nitrogens with zero attached hydrogens (tertiary/aromatic N) is 2. The van der Waals surface area contributed by atoms with Crippen molar-refractivity contribution in [2.45, 2.75) is 20.0 Å². The lowest BCUT2D eigenvalue weighted by molar-refractivity contribution is -0.137. The number of rotatable bonds is 3. The van der Waals surface area contributed by atoms with E-state index in [-0.39, 0.29) is 6.01 Å². The van der Waals surface area contributed by atoms with Crippen LogP contribution in [0.2, 0.25) is 0 Å². The smallest absolute Gasteiger partial charge is 0.416 e. The molecule has 0 saturated carbocycles. The molecule has 1 aromatic carbocycles. The number of aryl methyl sites for hydroxylation is 2. The number of anilines is 2. The Morgan fingerprint density at radius 1 is 1.00 bits per heavy atom. The molecule has 0 aliphatic rings. The Hall–Kier alpha value is -2.83. The topological polar surface area (TPSA) is 51.0 Å². The third-order valence-electron chi connectivity index (χ3n) is 3.59. The molecule has 0 spiro atoms. The van der Waals surface area contributed by atoms with Crippen molar-refractivity contribution in [1.29, 1.82) is 0 Å². The van der Waals surface area contributed by atoms with Crippen molar-refractivity contribution >= 4 is 11.7 Å². The minimum Gasteiger partial charge on any atom is -0.423 e. The minimum atomic E-state index is -4.36. The number of pyridine rings is 1. The summed E-state index contributed by atoms with van der Waals surface area (Å²) in [6.07, 6.45) is -1.24. The van der Waals surface area contributed by atoms with Gasteiger partial charge in [0.15, 0.2) is 5.76 Å². The lowest BCUT2D eigenvalue weighted by Crippen LogP contribution is -2.03. The van der Waals surface area contributed by atoms with Crippen LogP contribution in [-0.4, -0.2) is 9.97 Å². The maximum Gasteiger partial charge on any atom is 0.416 e. The summed E-state index contributed by atoms with van der Waals surface area (Å²) in [5, 5.41) is 2.98. The van der Waals surface area contributed by atoms with E-state index in [1.54, 1.807) is 6.20 Å². The Morgan fingerprint density at radius 3 is 2.33 bits per heavy atom. The molecule has 4 nitrogen and oxygen atoms in total. The van der Waals surface area contributed by atoms with Crippen LogP contribution in [0.4, 0.5) is 24.9 Å². The first-order valence-corrected chi connectivity index (χ1v) is 7.16. The standard InChI is InChI=1S/C17H14F3N3O/c1-10-7-14(8-21-11(10)2)23-16-22-9-15(24-16)12-3-5-13(6-4-12)17(18,19)20/h3-9H,1-2H3,(H,22,23). The Morgan fingerprint density at radius 2 is 1.71 bits per heavy atom. The number of alkyl halides is 3. The third-order valence-corrected chi connectivity index (χ3v) is 3.59. The van der Waals surface area contributed by atoms with Gasteiger partial charge in [0.25, 0.3) is 6.01 Å². The van der Waals surface area contributed by atoms with Crippen molar-refractivity contribution in [3.63, 3.8) is 0 Å². The van der Waals surface area contributed by atoms with Gasteiger partial charge >= 0.3 is 6.18 Å². The fraction of sp³-hybridized carbons (Fsp3) is 0.176. The van der Waals surface area contributed by atoms with Gasteiger partial charge in [-0.15, -0.1) is 0 Å². The van der Waals surface area contributed by atoms with Crippen molar-refractivity contribution in [2.75, 3.05) is 5.32 Å². The second-order valence-corrected chi connectivity index (χ2v) is 5.36. The number of benzene rings is 1. The zero-order chi connectivity index (χ0) is 17.3. The summed E-state index contributed by atoms with van der Waals surface area (Å²) in [5.74, 6) is 0.378. The second-order valence-electron chi connectivity index (χ2n) is 5.36. The van der Waals surface area contributed by atoms with Crippen LogP contribution in [0.15, 0.2) is 47.1 Å². The van der Waals surface area contributed by atoms with Gasteiger partial charge in [-0.1, -0.05) is 12.1 Å². The van der Waals surface area contributed by atoms with Gasteiger partial charge in [0, 0.05) is 11.3 Å². The van der Waals surface area contributed by atoms with E-state index >= 15 is 0 Å². The number of nitrogens with one attached hydrogen (secondary N) is 1. The zero-order valence-corrected chi connectivity index (χ0v) is 13.0. The molecule has 24 heavy (non-hydrogen) atoms. The van der Waals surface area contributed by atoms with Crippen LogP contribution in [-0.2, 0) is 6.18 Å². The van der Waals surface area contributed by atoms with E-state index in [2.05, 4.69) is 15.3 Å². The summed E-state index contributed by atoms with van der Waals surface area (Å²) < 4.78 is 43.3. The molecule has 3 rings (SSSR count). The maximum atomic E-state index is 12.6. The molecule has 0 radical (unpaired) electrons. The third kappa shape index (κ3) is 3.40. The molecule has 2 aromatic heterocycles. The molecular formula is C17H14F3N3O. The Bertz CT molecular complexity index is 854. The number of halogens is 3. The van der Waals surface area contributed by atoms with Gasteiger partial charge in [0.1, 0.15) is 0 Å². The maximum absolute atomic E-state index is 12.6. The highest BCUT2D eigenvalue weighted by molar-refractivity contribution is 5.60. The van der Waals surface area contributed by atoms with Crippen molar-refractivity contribution < 1.29 is 17.6 Å². The van der Waals surface area contributed by atoms with E-state index in [9.17, 15) is 13.2 Å². The van der Waals surface area contributed by atoms with E-state index in [0.29, 0.717) is 11.3 Å². The molecule has 0 atom stereocenters. The number of hydrogen-bond acceptors (Lipinski definition) is 4. The normalized spacial score (nSPS) is 11.5. The molecule has 0 unspecified atom stereocenters. The Labute approximate surface area is 136 Å². The van der Waals surface area contributed by atoms with Gasteiger partial charge in [0.2, 0.25) is 0 Å². The molecule has 0 saturated heterocycles. The molecule has 0 aliphatic carbocycles. The second kappa shape index (κ2) is 5.99. The number of hydrogen-bond donors (Lipinski definition) is 1. The Kier molecular flexibility index (Phi) is 4.01. The van der Waals surface area contributed by atoms with E-state index in [4.69, 9.17) is 4.42 Å². The quantitative estimate of drug-likeness (QED) is 0.723. The van der Waals surface area contributed by atoms with E-state index in [0.717, 1.165) is 29.1 Å². The van der Waals surface area contributed by atoms with Gasteiger partial charge < -0.3 is 9.73 Å². The van der Waals surface area contributed by atoms with E-state index < -0.39 is 11.7 Å². The summed E-state index contributed by atoms with van der Waals surface area (Å²) in [6.45, 7) is 3.85. The monoisotopic (exact) mass is 333 g/mol. The molecule has 2 heterocycles. The predicted octanol–water partition coefficient (Wildman–Crippen LogP) is 5.12. The van der Waals surface area contributed by atoms with Crippen LogP contribution >= 0.6 is 0 Å². The Balaban J connectivity index is 1.79. The molecule has 0 amide bonds. The van der Waals surface area contributed by atoms with Gasteiger partial charge in [-0.3, -0.25) is 4.98 Å². The average Bonchev–Trinajstić information content (AvgIpc) is 2.99. The van der Waals surface area contributed by atoms with Crippen LogP contribution in [0.5, 0.6) is 0 Å². The lowest BCUT2D eigenvalue weighted by Gasteiger charge is -2.06. The van der Waals surface area contributed by atoms with Crippen LogP contribution in [0.1, 0.15) is 16.8 Å². The molecule has 3 aromatic rings. The molecule has 7 heteroatoms. The highest BCUT2D eigenvalue weighted by Crippen LogP contribution is 2.31. The van der Waals surface area contributed by atoms with Crippen molar-refractivity contribution in [1.82, 2.24) is 9.97 Å². The molecule has 0 fully saturated rings. The molecule has 124 valence electrons. The van der Waals surface area contributed by atoms with E-state index in [1.807, 2.05) is 19.9 Å². The van der Waals surface area contributed by atoms with Crippen LogP contribution in [0, 0.1) is 13.8 Å². The van der Waals surface area contributed by atoms with Crippen molar-refractivity contribution in [3.05, 3.63) is 59.5 Å². The summed E-state index contributed by atoms with van der Waals surface area (Å²) in [7, 11) is 0. The van der Waals surface area contributed by atoms with Gasteiger partial charge in [0.05, 0.1) is 23.6 Å². The predicted molar refractivity (Wildman–Crippen MR) is 83.9 cm³/mol. The van der Waals surface area contributed by atoms with Crippen LogP contribution in [0.25, 0.3) is 11.3 Å². The van der Waals surface area contributed by atoms with Gasteiger partial charge in [-0.2, -0.15) is 13.2 Å². The summed E-state index contributed by atoms with van der Waals surface area (Å²) in [6, 6.07) is 6.88. The fourth-order valence-electron chi connectivity index (χ4n) is 2.12. The largest absolute Gasteiger partial charge is 0.423 e. The first kappa shape index (κ1) is 16.0. The first-order chi connectivity index (χ1) is 11.3. The summed E-state index contributed by atoms with van der Waals surface area (Å²) >= 11 is 0. The lowest BCUT2D eigenvalue weighted by atomic mass is 10.1. The summed E-state index contributed by atoms with van der Waals surface area (Å²) in [5.41, 5.74) is 2.49. The van der Waals surface area contributed by atoms with Crippen molar-refractivity contribution in [3.8, 4) is 11.3 Å². The molecular weight excluding hydrogens is 319 g/mol. The van der Waals surface area contributed by atoms with Gasteiger partial charge in [-0.05, 0) is 37.6 Å². The highest BCUT2D eigenvalue weighted by Gasteiger charge is 2.30. The first-order valence-electron chi connectivity index (χ1n) is 7.16.